The van der Waals surface area contributed by atoms with Crippen LogP contribution in [0.25, 0.3) is 0 Å². The van der Waals surface area contributed by atoms with Crippen LogP contribution in [0.3, 0.4) is 0 Å². The molecule has 1 aliphatic carbocycles. The fraction of sp³-hybridized carbons (Fsp3) is 0.700. The molecule has 0 heterocycles. The summed E-state index contributed by atoms with van der Waals surface area (Å²) in [5, 5.41) is 7.63. The predicted molar refractivity (Wildman–Crippen MR) is 60.8 cm³/mol. The van der Waals surface area contributed by atoms with Gasteiger partial charge in [0.25, 0.3) is 0 Å². The lowest BCUT2D eigenvalue weighted by atomic mass is 10.4. The molecule has 1 aliphatic rings. The van der Waals surface area contributed by atoms with Crippen molar-refractivity contribution in [3.8, 4) is 0 Å². The molecule has 0 aromatic rings. The highest BCUT2D eigenvalue weighted by atomic mass is 16.2. The summed E-state index contributed by atoms with van der Waals surface area (Å²) in [4.78, 5) is 33.1. The molecule has 7 nitrogen and oxygen atoms in total. The molecule has 0 radical (unpaired) electrons. The molecule has 5 N–H and O–H groups in total. The molecule has 0 bridgehead atoms. The summed E-state index contributed by atoms with van der Waals surface area (Å²) < 4.78 is 0. The zero-order valence-electron chi connectivity index (χ0n) is 9.62. The van der Waals surface area contributed by atoms with Gasteiger partial charge in [0.05, 0.1) is 13.1 Å². The topological polar surface area (TPSA) is 113 Å². The second kappa shape index (κ2) is 6.85. The molecule has 96 valence electrons. The maximum atomic E-state index is 11.2. The van der Waals surface area contributed by atoms with E-state index >= 15 is 0 Å². The molecule has 0 aromatic heterocycles. The van der Waals surface area contributed by atoms with E-state index in [1.165, 1.54) is 0 Å². The van der Waals surface area contributed by atoms with Gasteiger partial charge in [-0.25, -0.2) is 0 Å². The Morgan fingerprint density at radius 1 is 1.00 bits per heavy atom. The summed E-state index contributed by atoms with van der Waals surface area (Å²) in [6.07, 6.45) is 1.92. The summed E-state index contributed by atoms with van der Waals surface area (Å²) >= 11 is 0. The molecule has 3 amide bonds. The maximum Gasteiger partial charge on any atom is 0.239 e. The van der Waals surface area contributed by atoms with E-state index in [0.717, 1.165) is 12.8 Å². The van der Waals surface area contributed by atoms with Crippen molar-refractivity contribution in [2.24, 2.45) is 11.7 Å². The van der Waals surface area contributed by atoms with Crippen LogP contribution < -0.4 is 21.7 Å². The maximum absolute atomic E-state index is 11.2. The SMILES string of the molecule is NCC(=O)NCC(=O)NCCNC(=O)C1CC1. The number of rotatable bonds is 7. The van der Waals surface area contributed by atoms with Crippen LogP contribution in [0.4, 0.5) is 0 Å². The van der Waals surface area contributed by atoms with Gasteiger partial charge >= 0.3 is 0 Å². The van der Waals surface area contributed by atoms with Gasteiger partial charge in [-0.15, -0.1) is 0 Å². The Kier molecular flexibility index (Phi) is 5.41. The molecule has 0 unspecified atom stereocenters. The average molecular weight is 242 g/mol. The molecular weight excluding hydrogens is 224 g/mol. The van der Waals surface area contributed by atoms with E-state index in [4.69, 9.17) is 5.73 Å². The number of hydrogen-bond acceptors (Lipinski definition) is 4. The molecule has 0 spiro atoms. The van der Waals surface area contributed by atoms with Gasteiger partial charge in [0.1, 0.15) is 0 Å². The summed E-state index contributed by atoms with van der Waals surface area (Å²) in [7, 11) is 0. The lowest BCUT2D eigenvalue weighted by molar-refractivity contribution is -0.125. The van der Waals surface area contributed by atoms with E-state index < -0.39 is 0 Å². The molecule has 1 fully saturated rings. The van der Waals surface area contributed by atoms with Crippen molar-refractivity contribution >= 4 is 17.7 Å². The first-order valence-corrected chi connectivity index (χ1v) is 5.64. The summed E-state index contributed by atoms with van der Waals surface area (Å²) in [5.74, 6) is -0.445. The van der Waals surface area contributed by atoms with Gasteiger partial charge in [-0.3, -0.25) is 14.4 Å². The second-order valence-corrected chi connectivity index (χ2v) is 3.90. The molecule has 0 aliphatic heterocycles. The zero-order chi connectivity index (χ0) is 12.7. The minimum absolute atomic E-state index is 0.0516. The third-order valence-corrected chi connectivity index (χ3v) is 2.33. The minimum atomic E-state index is -0.373. The second-order valence-electron chi connectivity index (χ2n) is 3.90. The molecule has 1 rings (SSSR count). The van der Waals surface area contributed by atoms with E-state index in [1.807, 2.05) is 0 Å². The lowest BCUT2D eigenvalue weighted by Crippen LogP contribution is -2.42. The summed E-state index contributed by atoms with van der Waals surface area (Å²) in [6, 6.07) is 0. The smallest absolute Gasteiger partial charge is 0.239 e. The number of carbonyl (C=O) groups is 3. The number of amides is 3. The quantitative estimate of drug-likeness (QED) is 0.376. The van der Waals surface area contributed by atoms with Crippen LogP contribution in [0.1, 0.15) is 12.8 Å². The van der Waals surface area contributed by atoms with Crippen LogP contribution in [0, 0.1) is 5.92 Å². The third kappa shape index (κ3) is 5.86. The van der Waals surface area contributed by atoms with Gasteiger partial charge in [-0.2, -0.15) is 0 Å². The number of nitrogens with one attached hydrogen (secondary N) is 3. The van der Waals surface area contributed by atoms with Crippen molar-refractivity contribution in [2.45, 2.75) is 12.8 Å². The predicted octanol–water partition coefficient (Wildman–Crippen LogP) is -2.30. The zero-order valence-corrected chi connectivity index (χ0v) is 9.62. The molecule has 7 heteroatoms. The van der Waals surface area contributed by atoms with Crippen molar-refractivity contribution in [3.05, 3.63) is 0 Å². The van der Waals surface area contributed by atoms with Crippen LogP contribution in [-0.2, 0) is 14.4 Å². The molecule has 0 aromatic carbocycles. The van der Waals surface area contributed by atoms with Crippen LogP contribution in [0.2, 0.25) is 0 Å². The number of nitrogens with two attached hydrogens (primary N) is 1. The van der Waals surface area contributed by atoms with Gasteiger partial charge in [0.2, 0.25) is 17.7 Å². The Bertz CT molecular complexity index is 302. The van der Waals surface area contributed by atoms with Crippen LogP contribution in [0.15, 0.2) is 0 Å². The fourth-order valence-corrected chi connectivity index (χ4v) is 1.19. The first-order chi connectivity index (χ1) is 8.13. The molecule has 0 saturated heterocycles. The van der Waals surface area contributed by atoms with Gasteiger partial charge in [0, 0.05) is 19.0 Å². The Hall–Kier alpha value is -1.63. The van der Waals surface area contributed by atoms with Crippen molar-refractivity contribution in [2.75, 3.05) is 26.2 Å². The average Bonchev–Trinajstić information content (AvgIpc) is 3.15. The first kappa shape index (κ1) is 13.4. The van der Waals surface area contributed by atoms with E-state index in [2.05, 4.69) is 16.0 Å². The van der Waals surface area contributed by atoms with Crippen molar-refractivity contribution in [1.29, 1.82) is 0 Å². The van der Waals surface area contributed by atoms with Gasteiger partial charge in [-0.05, 0) is 12.8 Å². The molecule has 17 heavy (non-hydrogen) atoms. The van der Waals surface area contributed by atoms with Crippen molar-refractivity contribution in [3.63, 3.8) is 0 Å². The minimum Gasteiger partial charge on any atom is -0.354 e. The van der Waals surface area contributed by atoms with E-state index in [-0.39, 0.29) is 36.7 Å². The normalized spacial score (nSPS) is 13.9. The van der Waals surface area contributed by atoms with Crippen LogP contribution in [0.5, 0.6) is 0 Å². The van der Waals surface area contributed by atoms with Gasteiger partial charge in [0.15, 0.2) is 0 Å². The summed E-state index contributed by atoms with van der Waals surface area (Å²) in [6.45, 7) is 0.541. The fourth-order valence-electron chi connectivity index (χ4n) is 1.19. The standard InChI is InChI=1S/C10H18N4O3/c11-5-8(15)14-6-9(16)12-3-4-13-10(17)7-1-2-7/h7H,1-6,11H2,(H,12,16)(H,13,17)(H,14,15). The third-order valence-electron chi connectivity index (χ3n) is 2.33. The molecule has 1 saturated carbocycles. The van der Waals surface area contributed by atoms with E-state index in [9.17, 15) is 14.4 Å². The number of carbonyl (C=O) groups excluding carboxylic acids is 3. The highest BCUT2D eigenvalue weighted by Gasteiger charge is 2.28. The highest BCUT2D eigenvalue weighted by molar-refractivity contribution is 5.85. The Labute approximate surface area is 99.5 Å². The monoisotopic (exact) mass is 242 g/mol. The Balaban J connectivity index is 1.96. The molecule has 0 atom stereocenters. The summed E-state index contributed by atoms with van der Waals surface area (Å²) in [5.41, 5.74) is 5.06. The Morgan fingerprint density at radius 2 is 1.65 bits per heavy atom. The highest BCUT2D eigenvalue weighted by Crippen LogP contribution is 2.28. The number of hydrogen-bond donors (Lipinski definition) is 4. The molecular formula is C10H18N4O3. The van der Waals surface area contributed by atoms with Gasteiger partial charge in [-0.1, -0.05) is 0 Å². The van der Waals surface area contributed by atoms with E-state index in [1.54, 1.807) is 0 Å². The first-order valence-electron chi connectivity index (χ1n) is 5.64. The lowest BCUT2D eigenvalue weighted by Gasteiger charge is -2.07. The van der Waals surface area contributed by atoms with Crippen molar-refractivity contribution in [1.82, 2.24) is 16.0 Å². The Morgan fingerprint density at radius 3 is 2.24 bits per heavy atom. The largest absolute Gasteiger partial charge is 0.354 e. The van der Waals surface area contributed by atoms with Gasteiger partial charge < -0.3 is 21.7 Å². The van der Waals surface area contributed by atoms with Crippen molar-refractivity contribution < 1.29 is 14.4 Å². The van der Waals surface area contributed by atoms with E-state index in [0.29, 0.717) is 13.1 Å². The van der Waals surface area contributed by atoms with Crippen LogP contribution >= 0.6 is 0 Å². The van der Waals surface area contributed by atoms with Crippen LogP contribution in [-0.4, -0.2) is 43.9 Å².